The Bertz CT molecular complexity index is 533. The zero-order valence-electron chi connectivity index (χ0n) is 14.3. The number of hydrogen-bond acceptors (Lipinski definition) is 6. The summed E-state index contributed by atoms with van der Waals surface area (Å²) in [7, 11) is 0. The fourth-order valence-corrected chi connectivity index (χ4v) is 2.94. The SMILES string of the molecule is CC(CCCO)CNc1cc(CN2CCNCC2)ccc1[N+](=O)[O-]. The molecule has 1 aliphatic heterocycles. The lowest BCUT2D eigenvalue weighted by Crippen LogP contribution is -2.42. The minimum Gasteiger partial charge on any atom is -0.396 e. The minimum atomic E-state index is -0.338. The van der Waals surface area contributed by atoms with E-state index in [9.17, 15) is 10.1 Å². The molecule has 1 aliphatic rings. The van der Waals surface area contributed by atoms with Crippen molar-refractivity contribution in [3.05, 3.63) is 33.9 Å². The second kappa shape index (κ2) is 9.56. The molecule has 1 fully saturated rings. The van der Waals surface area contributed by atoms with Crippen molar-refractivity contribution >= 4 is 11.4 Å². The van der Waals surface area contributed by atoms with Crippen LogP contribution in [0.15, 0.2) is 18.2 Å². The first-order valence-electron chi connectivity index (χ1n) is 8.65. The van der Waals surface area contributed by atoms with Crippen LogP contribution in [0.2, 0.25) is 0 Å². The van der Waals surface area contributed by atoms with E-state index in [0.717, 1.165) is 51.1 Å². The van der Waals surface area contributed by atoms with E-state index in [2.05, 4.69) is 22.5 Å². The smallest absolute Gasteiger partial charge is 0.292 e. The molecular weight excluding hydrogens is 308 g/mol. The van der Waals surface area contributed by atoms with Gasteiger partial charge >= 0.3 is 0 Å². The first kappa shape index (κ1) is 18.6. The highest BCUT2D eigenvalue weighted by atomic mass is 16.6. The van der Waals surface area contributed by atoms with Crippen molar-refractivity contribution in [2.75, 3.05) is 44.6 Å². The minimum absolute atomic E-state index is 0.119. The van der Waals surface area contributed by atoms with E-state index in [1.807, 2.05) is 12.1 Å². The van der Waals surface area contributed by atoms with Gasteiger partial charge in [-0.25, -0.2) is 0 Å². The Morgan fingerprint density at radius 2 is 2.17 bits per heavy atom. The summed E-state index contributed by atoms with van der Waals surface area (Å²) in [5.74, 6) is 0.355. The van der Waals surface area contributed by atoms with E-state index in [1.54, 1.807) is 6.07 Å². The third-order valence-electron chi connectivity index (χ3n) is 4.37. The molecular formula is C17H28N4O3. The molecule has 0 saturated carbocycles. The highest BCUT2D eigenvalue weighted by molar-refractivity contribution is 5.62. The van der Waals surface area contributed by atoms with Crippen molar-refractivity contribution in [2.45, 2.75) is 26.3 Å². The number of hydrogen-bond donors (Lipinski definition) is 3. The maximum Gasteiger partial charge on any atom is 0.292 e. The van der Waals surface area contributed by atoms with Gasteiger partial charge in [-0.1, -0.05) is 13.0 Å². The average molecular weight is 336 g/mol. The summed E-state index contributed by atoms with van der Waals surface area (Å²) in [4.78, 5) is 13.3. The van der Waals surface area contributed by atoms with Crippen molar-refractivity contribution in [2.24, 2.45) is 5.92 Å². The molecule has 0 aromatic heterocycles. The molecule has 0 spiro atoms. The normalized spacial score (nSPS) is 16.8. The fraction of sp³-hybridized carbons (Fsp3) is 0.647. The maximum absolute atomic E-state index is 11.3. The zero-order valence-corrected chi connectivity index (χ0v) is 14.3. The summed E-state index contributed by atoms with van der Waals surface area (Å²) in [5.41, 5.74) is 1.80. The van der Waals surface area contributed by atoms with E-state index >= 15 is 0 Å². The number of nitrogens with one attached hydrogen (secondary N) is 2. The summed E-state index contributed by atoms with van der Waals surface area (Å²) >= 11 is 0. The van der Waals surface area contributed by atoms with Gasteiger partial charge in [0.25, 0.3) is 5.69 Å². The van der Waals surface area contributed by atoms with Gasteiger partial charge < -0.3 is 15.7 Å². The first-order chi connectivity index (χ1) is 11.6. The van der Waals surface area contributed by atoms with Gasteiger partial charge in [-0.15, -0.1) is 0 Å². The fourth-order valence-electron chi connectivity index (χ4n) is 2.94. The van der Waals surface area contributed by atoms with Crippen molar-refractivity contribution in [3.63, 3.8) is 0 Å². The van der Waals surface area contributed by atoms with Gasteiger partial charge in [-0.2, -0.15) is 0 Å². The third-order valence-corrected chi connectivity index (χ3v) is 4.37. The summed E-state index contributed by atoms with van der Waals surface area (Å²) in [6.45, 7) is 7.72. The number of rotatable bonds is 9. The molecule has 7 heteroatoms. The van der Waals surface area contributed by atoms with E-state index < -0.39 is 0 Å². The van der Waals surface area contributed by atoms with Gasteiger partial charge in [0.15, 0.2) is 0 Å². The number of aliphatic hydroxyl groups excluding tert-OH is 1. The molecule has 1 unspecified atom stereocenters. The average Bonchev–Trinajstić information content (AvgIpc) is 2.59. The lowest BCUT2D eigenvalue weighted by atomic mass is 10.1. The monoisotopic (exact) mass is 336 g/mol. The molecule has 2 rings (SSSR count). The number of nitro benzene ring substituents is 1. The van der Waals surface area contributed by atoms with E-state index in [-0.39, 0.29) is 17.2 Å². The Hall–Kier alpha value is -1.70. The molecule has 1 aromatic carbocycles. The molecule has 7 nitrogen and oxygen atoms in total. The molecule has 1 heterocycles. The van der Waals surface area contributed by atoms with Crippen LogP contribution in [0.3, 0.4) is 0 Å². The van der Waals surface area contributed by atoms with Crippen LogP contribution in [0.5, 0.6) is 0 Å². The molecule has 24 heavy (non-hydrogen) atoms. The van der Waals surface area contributed by atoms with E-state index in [4.69, 9.17) is 5.11 Å². The van der Waals surface area contributed by atoms with Crippen LogP contribution < -0.4 is 10.6 Å². The molecule has 134 valence electrons. The molecule has 0 radical (unpaired) electrons. The van der Waals surface area contributed by atoms with Crippen LogP contribution in [0, 0.1) is 16.0 Å². The number of nitrogens with zero attached hydrogens (tertiary/aromatic N) is 2. The van der Waals surface area contributed by atoms with Crippen LogP contribution in [0.4, 0.5) is 11.4 Å². The Kier molecular flexibility index (Phi) is 7.42. The van der Waals surface area contributed by atoms with Crippen LogP contribution in [0.1, 0.15) is 25.3 Å². The quantitative estimate of drug-likeness (QED) is 0.471. The van der Waals surface area contributed by atoms with Crippen LogP contribution in [-0.2, 0) is 6.54 Å². The highest BCUT2D eigenvalue weighted by Crippen LogP contribution is 2.26. The summed E-state index contributed by atoms with van der Waals surface area (Å²) in [6.07, 6.45) is 1.66. The number of benzene rings is 1. The third kappa shape index (κ3) is 5.74. The Morgan fingerprint density at radius 3 is 2.83 bits per heavy atom. The number of piperazine rings is 1. The second-order valence-corrected chi connectivity index (χ2v) is 6.49. The molecule has 0 bridgehead atoms. The van der Waals surface area contributed by atoms with Gasteiger partial charge in [0, 0.05) is 51.9 Å². The van der Waals surface area contributed by atoms with Gasteiger partial charge in [0.2, 0.25) is 0 Å². The predicted molar refractivity (Wildman–Crippen MR) is 95.2 cm³/mol. The van der Waals surface area contributed by atoms with Crippen molar-refractivity contribution < 1.29 is 10.0 Å². The van der Waals surface area contributed by atoms with Gasteiger partial charge in [-0.3, -0.25) is 15.0 Å². The van der Waals surface area contributed by atoms with Gasteiger partial charge in [-0.05, 0) is 30.4 Å². The number of anilines is 1. The summed E-state index contributed by atoms with van der Waals surface area (Å²) in [5, 5.41) is 26.7. The zero-order chi connectivity index (χ0) is 17.4. The highest BCUT2D eigenvalue weighted by Gasteiger charge is 2.16. The summed E-state index contributed by atoms with van der Waals surface area (Å²) < 4.78 is 0. The molecule has 3 N–H and O–H groups in total. The molecule has 0 amide bonds. The van der Waals surface area contributed by atoms with Crippen molar-refractivity contribution in [1.82, 2.24) is 10.2 Å². The van der Waals surface area contributed by atoms with Crippen LogP contribution >= 0.6 is 0 Å². The van der Waals surface area contributed by atoms with Crippen molar-refractivity contribution in [3.8, 4) is 0 Å². The van der Waals surface area contributed by atoms with Gasteiger partial charge in [0.05, 0.1) is 4.92 Å². The lowest BCUT2D eigenvalue weighted by Gasteiger charge is -2.27. The van der Waals surface area contributed by atoms with Crippen LogP contribution in [0.25, 0.3) is 0 Å². The van der Waals surface area contributed by atoms with Crippen LogP contribution in [-0.4, -0.2) is 54.3 Å². The van der Waals surface area contributed by atoms with E-state index in [1.165, 1.54) is 0 Å². The second-order valence-electron chi connectivity index (χ2n) is 6.49. The number of aliphatic hydroxyl groups is 1. The van der Waals surface area contributed by atoms with Gasteiger partial charge in [0.1, 0.15) is 5.69 Å². The molecule has 0 aliphatic carbocycles. The topological polar surface area (TPSA) is 90.7 Å². The maximum atomic E-state index is 11.3. The van der Waals surface area contributed by atoms with E-state index in [0.29, 0.717) is 18.2 Å². The Balaban J connectivity index is 2.02. The summed E-state index contributed by atoms with van der Waals surface area (Å²) in [6, 6.07) is 5.34. The molecule has 1 atom stereocenters. The predicted octanol–water partition coefficient (Wildman–Crippen LogP) is 1.82. The molecule has 1 saturated heterocycles. The number of nitro groups is 1. The first-order valence-corrected chi connectivity index (χ1v) is 8.65. The van der Waals surface area contributed by atoms with Crippen molar-refractivity contribution in [1.29, 1.82) is 0 Å². The molecule has 1 aromatic rings. The standard InChI is InChI=1S/C17H28N4O3/c1-14(3-2-10-22)12-19-16-11-15(4-5-17(16)21(23)24)13-20-8-6-18-7-9-20/h4-5,11,14,18-19,22H,2-3,6-10,12-13H2,1H3. The largest absolute Gasteiger partial charge is 0.396 e. The Morgan fingerprint density at radius 1 is 1.42 bits per heavy atom. The Labute approximate surface area is 143 Å². The lowest BCUT2D eigenvalue weighted by molar-refractivity contribution is -0.384.